The molecule has 0 spiro atoms. The average Bonchev–Trinajstić information content (AvgIpc) is 2.11. The van der Waals surface area contributed by atoms with Crippen molar-refractivity contribution >= 4 is 5.97 Å². The third-order valence-corrected chi connectivity index (χ3v) is 1.89. The van der Waals surface area contributed by atoms with E-state index < -0.39 is 11.8 Å². The molecule has 0 amide bonds. The van der Waals surface area contributed by atoms with Gasteiger partial charge in [-0.05, 0) is 38.0 Å². The molecule has 14 heavy (non-hydrogen) atoms. The third-order valence-electron chi connectivity index (χ3n) is 1.89. The molecule has 0 N–H and O–H groups in total. The Bertz CT molecular complexity index is 359. The van der Waals surface area contributed by atoms with Crippen molar-refractivity contribution in [2.45, 2.75) is 20.8 Å². The van der Waals surface area contributed by atoms with Gasteiger partial charge < -0.3 is 4.74 Å². The summed E-state index contributed by atoms with van der Waals surface area (Å²) in [4.78, 5) is 11.3. The van der Waals surface area contributed by atoms with Crippen LogP contribution >= 0.6 is 0 Å². The monoisotopic (exact) mass is 196 g/mol. The zero-order valence-electron chi connectivity index (χ0n) is 8.56. The van der Waals surface area contributed by atoms with E-state index in [0.717, 1.165) is 5.56 Å². The predicted molar refractivity (Wildman–Crippen MR) is 51.8 cm³/mol. The highest BCUT2D eigenvalue weighted by Crippen LogP contribution is 2.16. The lowest BCUT2D eigenvalue weighted by Crippen LogP contribution is -2.08. The number of halogens is 1. The van der Waals surface area contributed by atoms with E-state index in [1.807, 2.05) is 6.92 Å². The topological polar surface area (TPSA) is 26.3 Å². The van der Waals surface area contributed by atoms with E-state index in [0.29, 0.717) is 5.56 Å². The lowest BCUT2D eigenvalue weighted by atomic mass is 10.1. The summed E-state index contributed by atoms with van der Waals surface area (Å²) in [7, 11) is 0. The first-order chi connectivity index (χ1) is 6.56. The number of ether oxygens (including phenoxy) is 1. The molecule has 0 unspecified atom stereocenters. The largest absolute Gasteiger partial charge is 0.462 e. The van der Waals surface area contributed by atoms with Crippen molar-refractivity contribution in [3.63, 3.8) is 0 Å². The van der Waals surface area contributed by atoms with Gasteiger partial charge in [0.05, 0.1) is 12.2 Å². The van der Waals surface area contributed by atoms with Crippen LogP contribution in [0.4, 0.5) is 4.39 Å². The molecule has 1 aromatic carbocycles. The Morgan fingerprint density at radius 1 is 1.43 bits per heavy atom. The number of esters is 1. The number of carbonyl (C=O) groups is 1. The third kappa shape index (κ3) is 2.10. The second-order valence-electron chi connectivity index (χ2n) is 3.16. The summed E-state index contributed by atoms with van der Waals surface area (Å²) >= 11 is 0. The first kappa shape index (κ1) is 10.7. The molecule has 1 aromatic rings. The molecule has 0 atom stereocenters. The lowest BCUT2D eigenvalue weighted by Gasteiger charge is -2.06. The van der Waals surface area contributed by atoms with Crippen LogP contribution in [0.2, 0.25) is 0 Å². The molecule has 0 fully saturated rings. The highest BCUT2D eigenvalue weighted by molar-refractivity contribution is 5.90. The van der Waals surface area contributed by atoms with Crippen molar-refractivity contribution in [2.75, 3.05) is 6.61 Å². The molecule has 76 valence electrons. The van der Waals surface area contributed by atoms with E-state index in [1.54, 1.807) is 19.9 Å². The summed E-state index contributed by atoms with van der Waals surface area (Å²) in [6.45, 7) is 5.39. The van der Waals surface area contributed by atoms with E-state index in [2.05, 4.69) is 0 Å². The minimum atomic E-state index is -0.600. The Morgan fingerprint density at radius 2 is 2.07 bits per heavy atom. The number of hydrogen-bond acceptors (Lipinski definition) is 2. The number of hydrogen-bond donors (Lipinski definition) is 0. The van der Waals surface area contributed by atoms with Gasteiger partial charge in [0.2, 0.25) is 0 Å². The van der Waals surface area contributed by atoms with Gasteiger partial charge in [-0.1, -0.05) is 6.07 Å². The van der Waals surface area contributed by atoms with Gasteiger partial charge in [-0.25, -0.2) is 9.18 Å². The molecule has 0 saturated carbocycles. The Hall–Kier alpha value is -1.38. The molecule has 0 heterocycles. The zero-order chi connectivity index (χ0) is 10.7. The van der Waals surface area contributed by atoms with Crippen molar-refractivity contribution in [3.05, 3.63) is 34.6 Å². The summed E-state index contributed by atoms with van der Waals surface area (Å²) in [6, 6.07) is 3.19. The standard InChI is InChI=1S/C11H13FO2/c1-4-14-11(13)9-6-7(2)5-8(3)10(9)12/h5-6H,4H2,1-3H3. The van der Waals surface area contributed by atoms with Crippen LogP contribution in [0.25, 0.3) is 0 Å². The van der Waals surface area contributed by atoms with Gasteiger partial charge in [0.15, 0.2) is 0 Å². The van der Waals surface area contributed by atoms with E-state index in [9.17, 15) is 9.18 Å². The first-order valence-electron chi connectivity index (χ1n) is 4.50. The van der Waals surface area contributed by atoms with Crippen LogP contribution in [0, 0.1) is 19.7 Å². The van der Waals surface area contributed by atoms with Gasteiger partial charge in [-0.3, -0.25) is 0 Å². The fraction of sp³-hybridized carbons (Fsp3) is 0.364. The molecule has 0 bridgehead atoms. The van der Waals surface area contributed by atoms with Crippen LogP contribution in [-0.4, -0.2) is 12.6 Å². The van der Waals surface area contributed by atoms with Crippen molar-refractivity contribution in [1.82, 2.24) is 0 Å². The molecule has 2 nitrogen and oxygen atoms in total. The van der Waals surface area contributed by atoms with Crippen molar-refractivity contribution in [2.24, 2.45) is 0 Å². The van der Waals surface area contributed by atoms with Crippen LogP contribution in [0.5, 0.6) is 0 Å². The summed E-state index contributed by atoms with van der Waals surface area (Å²) < 4.78 is 18.2. The quantitative estimate of drug-likeness (QED) is 0.679. The molecule has 0 aliphatic rings. The Labute approximate surface area is 82.7 Å². The number of carbonyl (C=O) groups excluding carboxylic acids is 1. The van der Waals surface area contributed by atoms with E-state index in [1.165, 1.54) is 6.07 Å². The number of aryl methyl sites for hydroxylation is 2. The fourth-order valence-electron chi connectivity index (χ4n) is 1.31. The van der Waals surface area contributed by atoms with Crippen molar-refractivity contribution in [3.8, 4) is 0 Å². The second kappa shape index (κ2) is 4.22. The highest BCUT2D eigenvalue weighted by Gasteiger charge is 2.14. The molecule has 3 heteroatoms. The molecule has 0 aromatic heterocycles. The van der Waals surface area contributed by atoms with Crippen molar-refractivity contribution in [1.29, 1.82) is 0 Å². The summed E-state index contributed by atoms with van der Waals surface area (Å²) in [6.07, 6.45) is 0. The Balaban J connectivity index is 3.13. The van der Waals surface area contributed by atoms with Crippen LogP contribution in [0.3, 0.4) is 0 Å². The second-order valence-corrected chi connectivity index (χ2v) is 3.16. The molecule has 1 rings (SSSR count). The Kier molecular flexibility index (Phi) is 3.23. The van der Waals surface area contributed by atoms with Gasteiger partial charge in [0, 0.05) is 0 Å². The highest BCUT2D eigenvalue weighted by atomic mass is 19.1. The van der Waals surface area contributed by atoms with Crippen molar-refractivity contribution < 1.29 is 13.9 Å². The predicted octanol–water partition coefficient (Wildman–Crippen LogP) is 2.62. The SMILES string of the molecule is CCOC(=O)c1cc(C)cc(C)c1F. The molecular weight excluding hydrogens is 183 g/mol. The minimum absolute atomic E-state index is 0.0179. The molecular formula is C11H13FO2. The van der Waals surface area contributed by atoms with Gasteiger partial charge in [-0.2, -0.15) is 0 Å². The van der Waals surface area contributed by atoms with Crippen LogP contribution in [0.1, 0.15) is 28.4 Å². The Morgan fingerprint density at radius 3 is 2.64 bits per heavy atom. The number of benzene rings is 1. The lowest BCUT2D eigenvalue weighted by molar-refractivity contribution is 0.0520. The molecule has 0 saturated heterocycles. The van der Waals surface area contributed by atoms with Crippen LogP contribution < -0.4 is 0 Å². The first-order valence-corrected chi connectivity index (χ1v) is 4.50. The number of rotatable bonds is 2. The summed E-state index contributed by atoms with van der Waals surface area (Å²) in [5.74, 6) is -1.09. The zero-order valence-corrected chi connectivity index (χ0v) is 8.56. The van der Waals surface area contributed by atoms with Crippen LogP contribution in [-0.2, 0) is 4.74 Å². The smallest absolute Gasteiger partial charge is 0.341 e. The molecule has 0 aliphatic carbocycles. The van der Waals surface area contributed by atoms with E-state index in [4.69, 9.17) is 4.74 Å². The van der Waals surface area contributed by atoms with Gasteiger partial charge in [0.1, 0.15) is 5.82 Å². The minimum Gasteiger partial charge on any atom is -0.462 e. The van der Waals surface area contributed by atoms with Gasteiger partial charge in [-0.15, -0.1) is 0 Å². The molecule has 0 radical (unpaired) electrons. The maximum atomic E-state index is 13.5. The maximum absolute atomic E-state index is 13.5. The fourth-order valence-corrected chi connectivity index (χ4v) is 1.31. The maximum Gasteiger partial charge on any atom is 0.341 e. The van der Waals surface area contributed by atoms with E-state index >= 15 is 0 Å². The van der Waals surface area contributed by atoms with Gasteiger partial charge in [0.25, 0.3) is 0 Å². The summed E-state index contributed by atoms with van der Waals surface area (Å²) in [5.41, 5.74) is 1.34. The van der Waals surface area contributed by atoms with Gasteiger partial charge >= 0.3 is 5.97 Å². The average molecular weight is 196 g/mol. The molecule has 0 aliphatic heterocycles. The normalized spacial score (nSPS) is 10.0. The summed E-state index contributed by atoms with van der Waals surface area (Å²) in [5, 5.41) is 0. The van der Waals surface area contributed by atoms with E-state index in [-0.39, 0.29) is 12.2 Å². The van der Waals surface area contributed by atoms with Crippen LogP contribution in [0.15, 0.2) is 12.1 Å².